The summed E-state index contributed by atoms with van der Waals surface area (Å²) in [6, 6.07) is 7.58. The van der Waals surface area contributed by atoms with Crippen LogP contribution in [0.2, 0.25) is 5.02 Å². The Morgan fingerprint density at radius 2 is 2.00 bits per heavy atom. The van der Waals surface area contributed by atoms with Gasteiger partial charge in [0.25, 0.3) is 0 Å². The van der Waals surface area contributed by atoms with Gasteiger partial charge < -0.3 is 5.73 Å². The molecule has 3 heteroatoms. The molecule has 0 fully saturated rings. The molecule has 0 heterocycles. The zero-order valence-electron chi connectivity index (χ0n) is 6.92. The summed E-state index contributed by atoms with van der Waals surface area (Å²) in [7, 11) is 1.69. The molecule has 1 aromatic rings. The monoisotopic (exact) mass is 182 g/mol. The summed E-state index contributed by atoms with van der Waals surface area (Å²) in [6.07, 6.45) is 0.688. The Labute approximate surface area is 77.1 Å². The van der Waals surface area contributed by atoms with Crippen molar-refractivity contribution in [3.63, 3.8) is 0 Å². The second kappa shape index (κ2) is 4.12. The Hall–Kier alpha value is -1.02. The van der Waals surface area contributed by atoms with E-state index >= 15 is 0 Å². The lowest BCUT2D eigenvalue weighted by Gasteiger charge is -1.99. The van der Waals surface area contributed by atoms with E-state index in [1.807, 2.05) is 24.3 Å². The SMILES string of the molecule is CN=C(N)Cc1ccc(Cl)cc1. The second-order valence-corrected chi connectivity index (χ2v) is 2.95. The van der Waals surface area contributed by atoms with Crippen molar-refractivity contribution in [1.82, 2.24) is 0 Å². The van der Waals surface area contributed by atoms with Crippen molar-refractivity contribution in [2.75, 3.05) is 7.05 Å². The van der Waals surface area contributed by atoms with E-state index in [0.717, 1.165) is 10.6 Å². The fourth-order valence-corrected chi connectivity index (χ4v) is 1.02. The average Bonchev–Trinajstić information content (AvgIpc) is 2.09. The van der Waals surface area contributed by atoms with Gasteiger partial charge >= 0.3 is 0 Å². The summed E-state index contributed by atoms with van der Waals surface area (Å²) in [5.41, 5.74) is 6.69. The van der Waals surface area contributed by atoms with E-state index in [1.54, 1.807) is 7.05 Å². The Kier molecular flexibility index (Phi) is 3.11. The van der Waals surface area contributed by atoms with E-state index in [1.165, 1.54) is 0 Å². The lowest BCUT2D eigenvalue weighted by molar-refractivity contribution is 1.25. The highest BCUT2D eigenvalue weighted by Crippen LogP contribution is 2.09. The molecule has 0 aliphatic carbocycles. The highest BCUT2D eigenvalue weighted by molar-refractivity contribution is 6.30. The average molecular weight is 183 g/mol. The third-order valence-electron chi connectivity index (χ3n) is 1.59. The molecule has 0 unspecified atom stereocenters. The minimum Gasteiger partial charge on any atom is -0.387 e. The van der Waals surface area contributed by atoms with Crippen LogP contribution in [0.4, 0.5) is 0 Å². The van der Waals surface area contributed by atoms with E-state index in [9.17, 15) is 0 Å². The summed E-state index contributed by atoms with van der Waals surface area (Å²) in [6.45, 7) is 0. The molecule has 0 bridgehead atoms. The molecule has 2 nitrogen and oxygen atoms in total. The molecular weight excluding hydrogens is 172 g/mol. The fourth-order valence-electron chi connectivity index (χ4n) is 0.890. The zero-order valence-corrected chi connectivity index (χ0v) is 7.67. The van der Waals surface area contributed by atoms with Gasteiger partial charge in [-0.2, -0.15) is 0 Å². The highest BCUT2D eigenvalue weighted by Gasteiger charge is 1.94. The van der Waals surface area contributed by atoms with Crippen LogP contribution in [0.1, 0.15) is 5.56 Å². The third-order valence-corrected chi connectivity index (χ3v) is 1.84. The third kappa shape index (κ3) is 2.55. The minimum atomic E-state index is 0.636. The van der Waals surface area contributed by atoms with Gasteiger partial charge in [0.2, 0.25) is 0 Å². The molecule has 0 radical (unpaired) electrons. The zero-order chi connectivity index (χ0) is 8.97. The van der Waals surface area contributed by atoms with Crippen LogP contribution in [-0.2, 0) is 6.42 Å². The van der Waals surface area contributed by atoms with Crippen LogP contribution >= 0.6 is 11.6 Å². The molecule has 0 amide bonds. The summed E-state index contributed by atoms with van der Waals surface area (Å²) < 4.78 is 0. The van der Waals surface area contributed by atoms with E-state index in [4.69, 9.17) is 17.3 Å². The lowest BCUT2D eigenvalue weighted by Crippen LogP contribution is -2.14. The van der Waals surface area contributed by atoms with Gasteiger partial charge in [-0.15, -0.1) is 0 Å². The normalized spacial score (nSPS) is 11.7. The Morgan fingerprint density at radius 3 is 2.50 bits per heavy atom. The van der Waals surface area contributed by atoms with Gasteiger partial charge in [0.15, 0.2) is 0 Å². The molecule has 0 aromatic heterocycles. The number of halogens is 1. The Balaban J connectivity index is 2.71. The van der Waals surface area contributed by atoms with Crippen molar-refractivity contribution in [1.29, 1.82) is 0 Å². The van der Waals surface area contributed by atoms with Crippen LogP contribution in [0.5, 0.6) is 0 Å². The number of rotatable bonds is 2. The smallest absolute Gasteiger partial charge is 0.0977 e. The molecule has 0 spiro atoms. The number of nitrogens with zero attached hydrogens (tertiary/aromatic N) is 1. The van der Waals surface area contributed by atoms with Gasteiger partial charge in [-0.3, -0.25) is 4.99 Å². The molecule has 12 heavy (non-hydrogen) atoms. The van der Waals surface area contributed by atoms with E-state index < -0.39 is 0 Å². The first-order valence-corrected chi connectivity index (χ1v) is 4.05. The summed E-state index contributed by atoms with van der Waals surface area (Å²) in [4.78, 5) is 3.87. The Morgan fingerprint density at radius 1 is 1.42 bits per heavy atom. The molecule has 0 aliphatic rings. The lowest BCUT2D eigenvalue weighted by atomic mass is 10.1. The number of benzene rings is 1. The largest absolute Gasteiger partial charge is 0.387 e. The van der Waals surface area contributed by atoms with Crippen LogP contribution in [0.15, 0.2) is 29.3 Å². The van der Waals surface area contributed by atoms with Crippen molar-refractivity contribution < 1.29 is 0 Å². The van der Waals surface area contributed by atoms with Crippen molar-refractivity contribution >= 4 is 17.4 Å². The summed E-state index contributed by atoms with van der Waals surface area (Å²) in [5.74, 6) is 0.636. The van der Waals surface area contributed by atoms with E-state index in [2.05, 4.69) is 4.99 Å². The van der Waals surface area contributed by atoms with Crippen LogP contribution in [0.3, 0.4) is 0 Å². The number of aliphatic imine (C=N–C) groups is 1. The molecule has 64 valence electrons. The minimum absolute atomic E-state index is 0.636. The van der Waals surface area contributed by atoms with Crippen LogP contribution in [0.25, 0.3) is 0 Å². The number of nitrogens with two attached hydrogens (primary N) is 1. The van der Waals surface area contributed by atoms with Crippen LogP contribution in [0, 0.1) is 0 Å². The van der Waals surface area contributed by atoms with Crippen LogP contribution in [-0.4, -0.2) is 12.9 Å². The van der Waals surface area contributed by atoms with Crippen molar-refractivity contribution in [2.24, 2.45) is 10.7 Å². The first-order chi connectivity index (χ1) is 5.72. The first-order valence-electron chi connectivity index (χ1n) is 3.68. The summed E-state index contributed by atoms with van der Waals surface area (Å²) >= 11 is 5.72. The molecule has 1 aromatic carbocycles. The van der Waals surface area contributed by atoms with Gasteiger partial charge in [0.05, 0.1) is 5.84 Å². The first kappa shape index (κ1) is 9.07. The van der Waals surface area contributed by atoms with Crippen molar-refractivity contribution in [3.8, 4) is 0 Å². The maximum Gasteiger partial charge on any atom is 0.0977 e. The molecule has 0 aliphatic heterocycles. The maximum absolute atomic E-state index is 5.72. The Bertz CT molecular complexity index is 277. The molecule has 0 saturated heterocycles. The van der Waals surface area contributed by atoms with Gasteiger partial charge in [0, 0.05) is 18.5 Å². The molecule has 0 saturated carbocycles. The predicted molar refractivity (Wildman–Crippen MR) is 52.7 cm³/mol. The standard InChI is InChI=1S/C9H11ClN2/c1-12-9(11)6-7-2-4-8(10)5-3-7/h2-5H,6H2,1H3,(H2,11,12). The predicted octanol–water partition coefficient (Wildman–Crippen LogP) is 1.87. The van der Waals surface area contributed by atoms with Gasteiger partial charge in [-0.05, 0) is 17.7 Å². The molecule has 1 rings (SSSR count). The molecular formula is C9H11ClN2. The second-order valence-electron chi connectivity index (χ2n) is 2.52. The topological polar surface area (TPSA) is 38.4 Å². The van der Waals surface area contributed by atoms with Gasteiger partial charge in [-0.1, -0.05) is 23.7 Å². The van der Waals surface area contributed by atoms with Crippen LogP contribution < -0.4 is 5.73 Å². The van der Waals surface area contributed by atoms with E-state index in [0.29, 0.717) is 12.3 Å². The maximum atomic E-state index is 5.72. The number of hydrogen-bond donors (Lipinski definition) is 1. The van der Waals surface area contributed by atoms with E-state index in [-0.39, 0.29) is 0 Å². The number of hydrogen-bond acceptors (Lipinski definition) is 1. The highest BCUT2D eigenvalue weighted by atomic mass is 35.5. The van der Waals surface area contributed by atoms with Gasteiger partial charge in [-0.25, -0.2) is 0 Å². The van der Waals surface area contributed by atoms with Crippen molar-refractivity contribution in [3.05, 3.63) is 34.9 Å². The summed E-state index contributed by atoms with van der Waals surface area (Å²) in [5, 5.41) is 0.741. The van der Waals surface area contributed by atoms with Crippen molar-refractivity contribution in [2.45, 2.75) is 6.42 Å². The van der Waals surface area contributed by atoms with Gasteiger partial charge in [0.1, 0.15) is 0 Å². The molecule has 2 N–H and O–H groups in total. The molecule has 0 atom stereocenters. The fraction of sp³-hybridized carbons (Fsp3) is 0.222. The quantitative estimate of drug-likeness (QED) is 0.551. The number of amidine groups is 1.